The fourth-order valence-electron chi connectivity index (χ4n) is 3.45. The third-order valence-corrected chi connectivity index (χ3v) is 11.0. The Labute approximate surface area is 151 Å². The number of aliphatic hydroxyl groups is 1. The average molecular weight is 377 g/mol. The number of ether oxygens (including phenoxy) is 1. The lowest BCUT2D eigenvalue weighted by Gasteiger charge is -2.33. The highest BCUT2D eigenvalue weighted by Gasteiger charge is 2.71. The minimum atomic E-state index is -1.86. The summed E-state index contributed by atoms with van der Waals surface area (Å²) >= 11 is 0. The average Bonchev–Trinajstić information content (AvgIpc) is 2.92. The van der Waals surface area contributed by atoms with Crippen molar-refractivity contribution >= 4 is 16.6 Å². The van der Waals surface area contributed by atoms with E-state index in [1.165, 1.54) is 0 Å². The second kappa shape index (κ2) is 8.31. The van der Waals surface area contributed by atoms with E-state index < -0.39 is 16.6 Å². The van der Waals surface area contributed by atoms with Crippen LogP contribution in [0.3, 0.4) is 0 Å². The first-order chi connectivity index (χ1) is 10.9. The Morgan fingerprint density at radius 3 is 2.33 bits per heavy atom. The molecule has 1 aliphatic heterocycles. The topological polar surface area (TPSA) is 47.9 Å². The van der Waals surface area contributed by atoms with E-state index in [2.05, 4.69) is 54.3 Å². The third-order valence-electron chi connectivity index (χ3n) is 4.55. The molecule has 6 heteroatoms. The van der Waals surface area contributed by atoms with Crippen molar-refractivity contribution in [3.8, 4) is 0 Å². The van der Waals surface area contributed by atoms with Gasteiger partial charge in [-0.05, 0) is 72.3 Å². The van der Waals surface area contributed by atoms with Gasteiger partial charge in [0.2, 0.25) is 8.32 Å². The van der Waals surface area contributed by atoms with Crippen LogP contribution in [0.4, 0.5) is 0 Å². The monoisotopic (exact) mass is 376 g/mol. The highest BCUT2D eigenvalue weighted by Crippen LogP contribution is 2.56. The van der Waals surface area contributed by atoms with Gasteiger partial charge in [0, 0.05) is 24.7 Å². The largest absolute Gasteiger partial charge is 0.412 e. The maximum Gasteiger partial charge on any atom is 0.225 e. The molecular formula is C18H40O4Si2. The minimum Gasteiger partial charge on any atom is -0.412 e. The summed E-state index contributed by atoms with van der Waals surface area (Å²) in [6, 6.07) is 2.21. The van der Waals surface area contributed by atoms with Gasteiger partial charge in [-0.15, -0.1) is 0 Å². The van der Waals surface area contributed by atoms with Gasteiger partial charge in [0.15, 0.2) is 8.32 Å². The number of rotatable bonds is 11. The van der Waals surface area contributed by atoms with Crippen LogP contribution < -0.4 is 0 Å². The van der Waals surface area contributed by atoms with E-state index in [1.807, 2.05) is 0 Å². The van der Waals surface area contributed by atoms with Crippen molar-refractivity contribution in [3.05, 3.63) is 0 Å². The van der Waals surface area contributed by atoms with Gasteiger partial charge in [-0.25, -0.2) is 0 Å². The molecule has 0 spiro atoms. The Hall–Kier alpha value is 0.274. The molecule has 0 aliphatic carbocycles. The fourth-order valence-corrected chi connectivity index (χ4v) is 11.3. The maximum atomic E-state index is 9.22. The molecule has 1 aliphatic rings. The summed E-state index contributed by atoms with van der Waals surface area (Å²) in [6.07, 6.45) is 1.99. The van der Waals surface area contributed by atoms with Gasteiger partial charge in [-0.3, -0.25) is 0 Å². The normalized spacial score (nSPS) is 28.9. The molecule has 3 unspecified atom stereocenters. The molecule has 1 heterocycles. The van der Waals surface area contributed by atoms with E-state index >= 15 is 0 Å². The highest BCUT2D eigenvalue weighted by molar-refractivity contribution is 6.88. The number of hydrogen-bond donors (Lipinski definition) is 1. The van der Waals surface area contributed by atoms with Crippen molar-refractivity contribution in [3.63, 3.8) is 0 Å². The first-order valence-corrected chi connectivity index (χ1v) is 15.2. The Kier molecular flexibility index (Phi) is 7.73. The van der Waals surface area contributed by atoms with Gasteiger partial charge >= 0.3 is 0 Å². The molecule has 3 atom stereocenters. The van der Waals surface area contributed by atoms with Gasteiger partial charge in [-0.2, -0.15) is 0 Å². The van der Waals surface area contributed by atoms with Crippen LogP contribution in [-0.2, 0) is 13.6 Å². The quantitative estimate of drug-likeness (QED) is 0.430. The summed E-state index contributed by atoms with van der Waals surface area (Å²) in [5, 5.41) is 9.19. The molecule has 0 bridgehead atoms. The van der Waals surface area contributed by atoms with Gasteiger partial charge in [0.1, 0.15) is 0 Å². The van der Waals surface area contributed by atoms with Crippen molar-refractivity contribution in [2.45, 2.75) is 90.0 Å². The lowest BCUT2D eigenvalue weighted by atomic mass is 10.1. The third kappa shape index (κ3) is 6.88. The summed E-state index contributed by atoms with van der Waals surface area (Å²) < 4.78 is 18.9. The predicted molar refractivity (Wildman–Crippen MR) is 105 cm³/mol. The Balaban J connectivity index is 2.54. The van der Waals surface area contributed by atoms with Crippen LogP contribution in [-0.4, -0.2) is 52.4 Å². The molecule has 1 saturated heterocycles. The zero-order valence-corrected chi connectivity index (χ0v) is 19.2. The van der Waals surface area contributed by atoms with Gasteiger partial charge in [0.25, 0.3) is 0 Å². The lowest BCUT2D eigenvalue weighted by molar-refractivity contribution is 0.0694. The van der Waals surface area contributed by atoms with E-state index in [1.54, 1.807) is 0 Å². The minimum absolute atomic E-state index is 0.0260. The molecule has 0 aromatic carbocycles. The summed E-state index contributed by atoms with van der Waals surface area (Å²) in [5.74, 6) is 0.267. The predicted octanol–water partition coefficient (Wildman–Crippen LogP) is 4.34. The van der Waals surface area contributed by atoms with Crippen LogP contribution >= 0.6 is 0 Å². The Morgan fingerprint density at radius 2 is 1.88 bits per heavy atom. The van der Waals surface area contributed by atoms with E-state index in [-0.39, 0.29) is 23.4 Å². The smallest absolute Gasteiger partial charge is 0.225 e. The van der Waals surface area contributed by atoms with Crippen LogP contribution in [0.25, 0.3) is 0 Å². The molecule has 1 fully saturated rings. The molecule has 0 radical (unpaired) electrons. The molecule has 0 aromatic rings. The standard InChI is InChI=1S/C18H40O4Si2/c1-9-16(13-19)14-20-11-10-12-24(21-17(2,3)4)15-18(24,5)22-23(6,7)8/h16,19H,9-15H2,1-8H3. The molecule has 24 heavy (non-hydrogen) atoms. The second-order valence-electron chi connectivity index (χ2n) is 9.47. The van der Waals surface area contributed by atoms with Crippen molar-refractivity contribution in [1.29, 1.82) is 0 Å². The molecular weight excluding hydrogens is 336 g/mol. The molecule has 0 aromatic heterocycles. The van der Waals surface area contributed by atoms with Crippen molar-refractivity contribution < 1.29 is 18.7 Å². The Bertz CT molecular complexity index is 387. The lowest BCUT2D eigenvalue weighted by Crippen LogP contribution is -2.45. The fraction of sp³-hybridized carbons (Fsp3) is 1.00. The summed E-state index contributed by atoms with van der Waals surface area (Å²) in [6.45, 7) is 19.2. The molecule has 0 saturated carbocycles. The van der Waals surface area contributed by atoms with Crippen molar-refractivity contribution in [2.75, 3.05) is 19.8 Å². The van der Waals surface area contributed by atoms with Crippen LogP contribution in [0.5, 0.6) is 0 Å². The SMILES string of the molecule is CCC(CO)COCCC[Si]1(OC(C)(C)C)CC1(C)O[Si](C)(C)C. The second-order valence-corrected chi connectivity index (χ2v) is 18.0. The number of aliphatic hydroxyl groups excluding tert-OH is 1. The molecule has 144 valence electrons. The summed E-state index contributed by atoms with van der Waals surface area (Å²) in [5.41, 5.74) is -0.113. The van der Waals surface area contributed by atoms with Crippen molar-refractivity contribution in [2.24, 2.45) is 5.92 Å². The molecule has 0 amide bonds. The maximum absolute atomic E-state index is 9.22. The first-order valence-electron chi connectivity index (χ1n) is 9.45. The van der Waals surface area contributed by atoms with Crippen molar-refractivity contribution in [1.82, 2.24) is 0 Å². The zero-order chi connectivity index (χ0) is 18.6. The molecule has 1 rings (SSSR count). The number of hydrogen-bond acceptors (Lipinski definition) is 4. The van der Waals surface area contributed by atoms with Crippen LogP contribution in [0, 0.1) is 5.92 Å². The molecule has 1 N–H and O–H groups in total. The van der Waals surface area contributed by atoms with Crippen LogP contribution in [0.2, 0.25) is 31.7 Å². The van der Waals surface area contributed by atoms with E-state index in [4.69, 9.17) is 13.6 Å². The van der Waals surface area contributed by atoms with Crippen LogP contribution in [0.1, 0.15) is 47.5 Å². The van der Waals surface area contributed by atoms with E-state index in [0.717, 1.165) is 31.5 Å². The highest BCUT2D eigenvalue weighted by atomic mass is 28.4. The van der Waals surface area contributed by atoms with E-state index in [9.17, 15) is 5.11 Å². The van der Waals surface area contributed by atoms with Gasteiger partial charge in [0.05, 0.1) is 11.8 Å². The zero-order valence-electron chi connectivity index (χ0n) is 17.2. The van der Waals surface area contributed by atoms with Gasteiger partial charge < -0.3 is 18.7 Å². The van der Waals surface area contributed by atoms with Gasteiger partial charge in [-0.1, -0.05) is 6.92 Å². The van der Waals surface area contributed by atoms with Crippen LogP contribution in [0.15, 0.2) is 0 Å². The summed E-state index contributed by atoms with van der Waals surface area (Å²) in [7, 11) is -3.44. The molecule has 4 nitrogen and oxygen atoms in total. The first kappa shape index (κ1) is 22.3. The van der Waals surface area contributed by atoms with E-state index in [0.29, 0.717) is 6.61 Å². The summed E-state index contributed by atoms with van der Waals surface area (Å²) in [4.78, 5) is 0. The Morgan fingerprint density at radius 1 is 1.25 bits per heavy atom.